The van der Waals surface area contributed by atoms with Crippen molar-refractivity contribution < 1.29 is 14.4 Å². The average Bonchev–Trinajstić information content (AvgIpc) is 2.71. The number of ether oxygens (including phenoxy) is 1. The molecule has 0 saturated carbocycles. The predicted molar refractivity (Wildman–Crippen MR) is 64.3 cm³/mol. The summed E-state index contributed by atoms with van der Waals surface area (Å²) in [5.41, 5.74) is 7.26. The Morgan fingerprint density at radius 3 is 2.76 bits per heavy atom. The molecule has 5 nitrogen and oxygen atoms in total. The number of aromatic hydroxyl groups is 1. The minimum absolute atomic E-state index is 0.0377. The van der Waals surface area contributed by atoms with E-state index >= 15 is 0 Å². The summed E-state index contributed by atoms with van der Waals surface area (Å²) in [6, 6.07) is 1.54. The highest BCUT2D eigenvalue weighted by Gasteiger charge is 2.20. The van der Waals surface area contributed by atoms with Crippen molar-refractivity contribution in [1.82, 2.24) is 5.16 Å². The summed E-state index contributed by atoms with van der Waals surface area (Å²) in [7, 11) is 1.45. The smallest absolute Gasteiger partial charge is 0.230 e. The lowest BCUT2D eigenvalue weighted by Crippen LogP contribution is -1.92. The van der Waals surface area contributed by atoms with Crippen LogP contribution in [-0.4, -0.2) is 17.4 Å². The predicted octanol–water partition coefficient (Wildman–Crippen LogP) is 2.60. The van der Waals surface area contributed by atoms with Gasteiger partial charge in [0.05, 0.1) is 18.9 Å². The van der Waals surface area contributed by atoms with Gasteiger partial charge in [-0.25, -0.2) is 0 Å². The molecular weight excluding hydrogens is 244 g/mol. The van der Waals surface area contributed by atoms with Crippen molar-refractivity contribution in [2.75, 3.05) is 12.8 Å². The van der Waals surface area contributed by atoms with Gasteiger partial charge in [-0.1, -0.05) is 16.8 Å². The number of phenolic OH excluding ortho intramolecular Hbond substituents is 1. The molecule has 1 aromatic heterocycles. The fourth-order valence-electron chi connectivity index (χ4n) is 1.63. The second-order valence-corrected chi connectivity index (χ2v) is 3.92. The van der Waals surface area contributed by atoms with E-state index in [4.69, 9.17) is 26.6 Å². The second kappa shape index (κ2) is 4.18. The highest BCUT2D eigenvalue weighted by Crippen LogP contribution is 2.44. The largest absolute Gasteiger partial charge is 0.504 e. The molecule has 6 heteroatoms. The summed E-state index contributed by atoms with van der Waals surface area (Å²) in [6.07, 6.45) is 1.42. The van der Waals surface area contributed by atoms with Crippen molar-refractivity contribution in [3.05, 3.63) is 22.8 Å². The molecule has 0 aliphatic rings. The van der Waals surface area contributed by atoms with Gasteiger partial charge in [0.25, 0.3) is 0 Å². The van der Waals surface area contributed by atoms with Gasteiger partial charge in [-0.05, 0) is 12.5 Å². The van der Waals surface area contributed by atoms with Gasteiger partial charge in [0, 0.05) is 16.7 Å². The highest BCUT2D eigenvalue weighted by molar-refractivity contribution is 6.32. The van der Waals surface area contributed by atoms with E-state index in [0.29, 0.717) is 21.7 Å². The molecule has 17 heavy (non-hydrogen) atoms. The van der Waals surface area contributed by atoms with Crippen molar-refractivity contribution in [2.45, 2.75) is 6.92 Å². The molecule has 0 aliphatic heterocycles. The van der Waals surface area contributed by atoms with E-state index in [1.54, 1.807) is 13.0 Å². The first-order valence-electron chi connectivity index (χ1n) is 4.82. The van der Waals surface area contributed by atoms with E-state index in [2.05, 4.69) is 5.16 Å². The number of hydrogen-bond donors (Lipinski definition) is 2. The molecule has 0 saturated heterocycles. The van der Waals surface area contributed by atoms with Gasteiger partial charge in [-0.15, -0.1) is 0 Å². The molecule has 0 atom stereocenters. The molecular formula is C11H11ClN2O3. The topological polar surface area (TPSA) is 81.5 Å². The Kier molecular flexibility index (Phi) is 2.85. The molecule has 2 rings (SSSR count). The molecule has 90 valence electrons. The molecule has 0 spiro atoms. The Bertz CT molecular complexity index is 566. The van der Waals surface area contributed by atoms with Crippen LogP contribution in [-0.2, 0) is 0 Å². The Balaban J connectivity index is 2.76. The summed E-state index contributed by atoms with van der Waals surface area (Å²) in [6.45, 7) is 1.77. The van der Waals surface area contributed by atoms with Crippen LogP contribution in [0.2, 0.25) is 5.02 Å². The van der Waals surface area contributed by atoms with Gasteiger partial charge in [0.2, 0.25) is 5.88 Å². The molecule has 3 N–H and O–H groups in total. The van der Waals surface area contributed by atoms with Crippen LogP contribution in [0.4, 0.5) is 5.88 Å². The highest BCUT2D eigenvalue weighted by atomic mass is 35.5. The first-order chi connectivity index (χ1) is 8.06. The standard InChI is InChI=1S/C11H11ClN2O3/c1-5-7(12)3-8(16-2)10(15)9(5)6-4-14-17-11(6)13/h3-4,15H,13H2,1-2H3. The zero-order valence-electron chi connectivity index (χ0n) is 9.32. The first-order valence-corrected chi connectivity index (χ1v) is 5.20. The number of rotatable bonds is 2. The van der Waals surface area contributed by atoms with Gasteiger partial charge in [0.1, 0.15) is 0 Å². The molecule has 1 heterocycles. The zero-order chi connectivity index (χ0) is 12.6. The third-order valence-electron chi connectivity index (χ3n) is 2.55. The van der Waals surface area contributed by atoms with Crippen LogP contribution < -0.4 is 10.5 Å². The number of halogens is 1. The zero-order valence-corrected chi connectivity index (χ0v) is 10.1. The van der Waals surface area contributed by atoms with Gasteiger partial charge in [-0.3, -0.25) is 0 Å². The maximum absolute atomic E-state index is 10.1. The Morgan fingerprint density at radius 1 is 1.53 bits per heavy atom. The molecule has 0 amide bonds. The number of nitrogen functional groups attached to an aromatic ring is 1. The molecule has 0 aliphatic carbocycles. The quantitative estimate of drug-likeness (QED) is 0.861. The maximum atomic E-state index is 10.1. The van der Waals surface area contributed by atoms with Crippen molar-refractivity contribution in [1.29, 1.82) is 0 Å². The molecule has 0 bridgehead atoms. The van der Waals surface area contributed by atoms with Crippen LogP contribution in [0, 0.1) is 6.92 Å². The van der Waals surface area contributed by atoms with Crippen LogP contribution in [0.3, 0.4) is 0 Å². The lowest BCUT2D eigenvalue weighted by atomic mass is 10.0. The van der Waals surface area contributed by atoms with Gasteiger partial charge >= 0.3 is 0 Å². The lowest BCUT2D eigenvalue weighted by Gasteiger charge is -2.12. The van der Waals surface area contributed by atoms with E-state index in [9.17, 15) is 5.11 Å². The normalized spacial score (nSPS) is 10.5. The number of anilines is 1. The molecule has 2 aromatic rings. The first kappa shape index (κ1) is 11.6. The number of nitrogens with zero attached hydrogens (tertiary/aromatic N) is 1. The molecule has 0 radical (unpaired) electrons. The fourth-order valence-corrected chi connectivity index (χ4v) is 1.83. The molecule has 1 aromatic carbocycles. The van der Waals surface area contributed by atoms with Gasteiger partial charge in [0.15, 0.2) is 11.5 Å². The number of phenols is 1. The number of aromatic nitrogens is 1. The van der Waals surface area contributed by atoms with Crippen molar-refractivity contribution >= 4 is 17.5 Å². The summed E-state index contributed by atoms with van der Waals surface area (Å²) in [4.78, 5) is 0. The number of hydrogen-bond acceptors (Lipinski definition) is 5. The SMILES string of the molecule is COc1cc(Cl)c(C)c(-c2cnoc2N)c1O. The summed E-state index contributed by atoms with van der Waals surface area (Å²) in [5, 5.41) is 14.1. The summed E-state index contributed by atoms with van der Waals surface area (Å²) < 4.78 is 9.81. The molecule has 0 fully saturated rings. The van der Waals surface area contributed by atoms with Crippen LogP contribution in [0.5, 0.6) is 11.5 Å². The van der Waals surface area contributed by atoms with E-state index in [1.165, 1.54) is 13.3 Å². The fraction of sp³-hybridized carbons (Fsp3) is 0.182. The van der Waals surface area contributed by atoms with Gasteiger partial charge < -0.3 is 20.1 Å². The third kappa shape index (κ3) is 1.78. The minimum atomic E-state index is -0.0377. The number of benzene rings is 1. The lowest BCUT2D eigenvalue weighted by molar-refractivity contribution is 0.374. The summed E-state index contributed by atoms with van der Waals surface area (Å²) in [5.74, 6) is 0.355. The van der Waals surface area contributed by atoms with Crippen LogP contribution in [0.15, 0.2) is 16.8 Å². The van der Waals surface area contributed by atoms with Crippen LogP contribution in [0.1, 0.15) is 5.56 Å². The number of nitrogens with two attached hydrogens (primary N) is 1. The third-order valence-corrected chi connectivity index (χ3v) is 2.94. The van der Waals surface area contributed by atoms with E-state index in [0.717, 1.165) is 0 Å². The Hall–Kier alpha value is -1.88. The molecule has 0 unspecified atom stereocenters. The van der Waals surface area contributed by atoms with Gasteiger partial charge in [-0.2, -0.15) is 0 Å². The monoisotopic (exact) mass is 254 g/mol. The van der Waals surface area contributed by atoms with Crippen molar-refractivity contribution in [2.24, 2.45) is 0 Å². The summed E-state index contributed by atoms with van der Waals surface area (Å²) >= 11 is 6.06. The minimum Gasteiger partial charge on any atom is -0.504 e. The average molecular weight is 255 g/mol. The Morgan fingerprint density at radius 2 is 2.24 bits per heavy atom. The number of methoxy groups -OCH3 is 1. The Labute approximate surface area is 103 Å². The van der Waals surface area contributed by atoms with Crippen LogP contribution in [0.25, 0.3) is 11.1 Å². The van der Waals surface area contributed by atoms with E-state index in [-0.39, 0.29) is 17.4 Å². The van der Waals surface area contributed by atoms with E-state index in [1.807, 2.05) is 0 Å². The van der Waals surface area contributed by atoms with E-state index < -0.39 is 0 Å². The van der Waals surface area contributed by atoms with Crippen LogP contribution >= 0.6 is 11.6 Å². The second-order valence-electron chi connectivity index (χ2n) is 3.51. The maximum Gasteiger partial charge on any atom is 0.230 e. The van der Waals surface area contributed by atoms with Crippen molar-refractivity contribution in [3.63, 3.8) is 0 Å². The van der Waals surface area contributed by atoms with Crippen molar-refractivity contribution in [3.8, 4) is 22.6 Å².